The number of nitrogens with zero attached hydrogens (tertiary/aromatic N) is 1. The fourth-order valence-electron chi connectivity index (χ4n) is 2.37. The number of hydrogen-bond donors (Lipinski definition) is 1. The molecule has 0 aromatic heterocycles. The molecule has 0 spiro atoms. The molecule has 102 valence electrons. The normalized spacial score (nSPS) is 20.2. The molecule has 5 heteroatoms. The molecular weight excluding hydrogens is 240 g/mol. The third kappa shape index (κ3) is 3.33. The summed E-state index contributed by atoms with van der Waals surface area (Å²) in [5, 5.41) is 0. The first-order valence-corrected chi connectivity index (χ1v) is 6.15. The highest BCUT2D eigenvalue weighted by molar-refractivity contribution is 5.85. The molecule has 0 aromatic carbocycles. The van der Waals surface area contributed by atoms with E-state index in [2.05, 4.69) is 0 Å². The van der Waals surface area contributed by atoms with E-state index >= 15 is 0 Å². The van der Waals surface area contributed by atoms with Gasteiger partial charge in [-0.05, 0) is 19.3 Å². The van der Waals surface area contributed by atoms with Crippen LogP contribution in [-0.4, -0.2) is 43.7 Å². The number of carbonyl (C=O) groups excluding carboxylic acids is 1. The number of amides is 1. The number of methoxy groups -OCH3 is 1. The fourth-order valence-corrected chi connectivity index (χ4v) is 2.37. The number of likely N-dealkylation sites (tertiary alicyclic amines) is 1. The highest BCUT2D eigenvalue weighted by Gasteiger charge is 2.39. The van der Waals surface area contributed by atoms with E-state index in [1.165, 1.54) is 0 Å². The van der Waals surface area contributed by atoms with Gasteiger partial charge >= 0.3 is 0 Å². The van der Waals surface area contributed by atoms with Gasteiger partial charge in [0.2, 0.25) is 5.91 Å². The Labute approximate surface area is 110 Å². The first kappa shape index (κ1) is 16.7. The SMILES string of the molecule is CCC(CC)(CN)C(=O)N1CC[C@H](OC)C1.Cl. The smallest absolute Gasteiger partial charge is 0.230 e. The lowest BCUT2D eigenvalue weighted by Crippen LogP contribution is -2.47. The molecule has 0 aromatic rings. The van der Waals surface area contributed by atoms with E-state index in [4.69, 9.17) is 10.5 Å². The highest BCUT2D eigenvalue weighted by atomic mass is 35.5. The van der Waals surface area contributed by atoms with Gasteiger partial charge in [-0.3, -0.25) is 4.79 Å². The topological polar surface area (TPSA) is 55.6 Å². The van der Waals surface area contributed by atoms with Crippen LogP contribution in [0.25, 0.3) is 0 Å². The van der Waals surface area contributed by atoms with Crippen molar-refractivity contribution in [1.29, 1.82) is 0 Å². The Kier molecular flexibility index (Phi) is 7.05. The van der Waals surface area contributed by atoms with Crippen molar-refractivity contribution in [2.24, 2.45) is 11.1 Å². The lowest BCUT2D eigenvalue weighted by molar-refractivity contribution is -0.141. The summed E-state index contributed by atoms with van der Waals surface area (Å²) in [4.78, 5) is 14.3. The van der Waals surface area contributed by atoms with Crippen molar-refractivity contribution >= 4 is 18.3 Å². The molecule has 17 heavy (non-hydrogen) atoms. The third-order valence-electron chi connectivity index (χ3n) is 3.96. The van der Waals surface area contributed by atoms with Crippen LogP contribution in [-0.2, 0) is 9.53 Å². The summed E-state index contributed by atoms with van der Waals surface area (Å²) in [6, 6.07) is 0. The lowest BCUT2D eigenvalue weighted by Gasteiger charge is -2.33. The quantitative estimate of drug-likeness (QED) is 0.817. The summed E-state index contributed by atoms with van der Waals surface area (Å²) >= 11 is 0. The van der Waals surface area contributed by atoms with Gasteiger partial charge in [-0.1, -0.05) is 13.8 Å². The summed E-state index contributed by atoms with van der Waals surface area (Å²) in [7, 11) is 1.70. The van der Waals surface area contributed by atoms with Crippen LogP contribution in [0.2, 0.25) is 0 Å². The number of ether oxygens (including phenoxy) is 1. The average Bonchev–Trinajstić information content (AvgIpc) is 2.80. The largest absolute Gasteiger partial charge is 0.380 e. The average molecular weight is 265 g/mol. The zero-order valence-corrected chi connectivity index (χ0v) is 11.9. The zero-order valence-electron chi connectivity index (χ0n) is 11.1. The first-order chi connectivity index (χ1) is 7.63. The summed E-state index contributed by atoms with van der Waals surface area (Å²) < 4.78 is 5.28. The van der Waals surface area contributed by atoms with Crippen molar-refractivity contribution in [3.63, 3.8) is 0 Å². The Bertz CT molecular complexity index is 236. The highest BCUT2D eigenvalue weighted by Crippen LogP contribution is 2.29. The van der Waals surface area contributed by atoms with Crippen LogP contribution in [0, 0.1) is 5.41 Å². The molecule has 4 nitrogen and oxygen atoms in total. The summed E-state index contributed by atoms with van der Waals surface area (Å²) in [5.74, 6) is 0.208. The molecule has 1 aliphatic heterocycles. The second-order valence-corrected chi connectivity index (χ2v) is 4.59. The summed E-state index contributed by atoms with van der Waals surface area (Å²) in [6.45, 7) is 6.04. The molecule has 0 unspecified atom stereocenters. The van der Waals surface area contributed by atoms with E-state index in [1.807, 2.05) is 18.7 Å². The van der Waals surface area contributed by atoms with Crippen LogP contribution in [0.4, 0.5) is 0 Å². The molecule has 2 N–H and O–H groups in total. The van der Waals surface area contributed by atoms with Gasteiger partial charge in [0.15, 0.2) is 0 Å². The van der Waals surface area contributed by atoms with E-state index in [9.17, 15) is 4.79 Å². The van der Waals surface area contributed by atoms with Gasteiger partial charge in [0.05, 0.1) is 11.5 Å². The number of hydrogen-bond acceptors (Lipinski definition) is 3. The molecule has 1 rings (SSSR count). The molecule has 1 amide bonds. The van der Waals surface area contributed by atoms with E-state index in [1.54, 1.807) is 7.11 Å². The second kappa shape index (κ2) is 7.19. The van der Waals surface area contributed by atoms with Crippen molar-refractivity contribution in [2.75, 3.05) is 26.7 Å². The Hall–Kier alpha value is -0.320. The summed E-state index contributed by atoms with van der Waals surface area (Å²) in [5.41, 5.74) is 5.43. The minimum Gasteiger partial charge on any atom is -0.380 e. The van der Waals surface area contributed by atoms with Gasteiger partial charge in [0.25, 0.3) is 0 Å². The molecule has 1 atom stereocenters. The van der Waals surface area contributed by atoms with Gasteiger partial charge < -0.3 is 15.4 Å². The summed E-state index contributed by atoms with van der Waals surface area (Å²) in [6.07, 6.45) is 2.77. The predicted molar refractivity (Wildman–Crippen MR) is 71.3 cm³/mol. The molecular formula is C12H25ClN2O2. The fraction of sp³-hybridized carbons (Fsp3) is 0.917. The monoisotopic (exact) mass is 264 g/mol. The van der Waals surface area contributed by atoms with Gasteiger partial charge in [-0.2, -0.15) is 0 Å². The van der Waals surface area contributed by atoms with Crippen LogP contribution in [0.5, 0.6) is 0 Å². The standard InChI is InChI=1S/C12H24N2O2.ClH/c1-4-12(5-2,9-13)11(15)14-7-6-10(8-14)16-3;/h10H,4-9,13H2,1-3H3;1H/t10-;/m0./s1. The van der Waals surface area contributed by atoms with Crippen LogP contribution < -0.4 is 5.73 Å². The van der Waals surface area contributed by atoms with Crippen LogP contribution in [0.15, 0.2) is 0 Å². The molecule has 1 fully saturated rings. The Balaban J connectivity index is 0.00000256. The van der Waals surface area contributed by atoms with E-state index < -0.39 is 0 Å². The zero-order chi connectivity index (χ0) is 12.2. The minimum atomic E-state index is -0.359. The van der Waals surface area contributed by atoms with Gasteiger partial charge in [0.1, 0.15) is 0 Å². The number of rotatable bonds is 5. The molecule has 0 saturated carbocycles. The third-order valence-corrected chi connectivity index (χ3v) is 3.96. The van der Waals surface area contributed by atoms with E-state index in [-0.39, 0.29) is 29.8 Å². The maximum atomic E-state index is 12.4. The molecule has 0 bridgehead atoms. The predicted octanol–water partition coefficient (Wildman–Crippen LogP) is 1.42. The van der Waals surface area contributed by atoms with Gasteiger partial charge in [-0.25, -0.2) is 0 Å². The van der Waals surface area contributed by atoms with Gasteiger partial charge in [-0.15, -0.1) is 12.4 Å². The minimum absolute atomic E-state index is 0. The number of nitrogens with two attached hydrogens (primary N) is 1. The Morgan fingerprint density at radius 2 is 2.06 bits per heavy atom. The molecule has 1 heterocycles. The Morgan fingerprint density at radius 3 is 2.41 bits per heavy atom. The van der Waals surface area contributed by atoms with Crippen LogP contribution in [0.3, 0.4) is 0 Å². The maximum absolute atomic E-state index is 12.4. The second-order valence-electron chi connectivity index (χ2n) is 4.59. The number of carbonyl (C=O) groups is 1. The van der Waals surface area contributed by atoms with Crippen LogP contribution >= 0.6 is 12.4 Å². The van der Waals surface area contributed by atoms with E-state index in [0.29, 0.717) is 6.54 Å². The Morgan fingerprint density at radius 1 is 1.47 bits per heavy atom. The van der Waals surface area contributed by atoms with Crippen molar-refractivity contribution in [3.8, 4) is 0 Å². The van der Waals surface area contributed by atoms with E-state index in [0.717, 1.165) is 32.4 Å². The first-order valence-electron chi connectivity index (χ1n) is 6.15. The van der Waals surface area contributed by atoms with Crippen molar-refractivity contribution in [3.05, 3.63) is 0 Å². The number of halogens is 1. The maximum Gasteiger partial charge on any atom is 0.230 e. The van der Waals surface area contributed by atoms with Gasteiger partial charge in [0, 0.05) is 26.7 Å². The molecule has 1 aliphatic rings. The van der Waals surface area contributed by atoms with Crippen LogP contribution in [0.1, 0.15) is 33.1 Å². The van der Waals surface area contributed by atoms with Crippen molar-refractivity contribution in [1.82, 2.24) is 4.90 Å². The molecule has 0 radical (unpaired) electrons. The van der Waals surface area contributed by atoms with Crippen molar-refractivity contribution in [2.45, 2.75) is 39.2 Å². The molecule has 0 aliphatic carbocycles. The molecule has 1 saturated heterocycles. The lowest BCUT2D eigenvalue weighted by atomic mass is 9.81. The van der Waals surface area contributed by atoms with Crippen molar-refractivity contribution < 1.29 is 9.53 Å².